The average Bonchev–Trinajstić information content (AvgIpc) is 2.87. The van der Waals surface area contributed by atoms with Crippen LogP contribution in [-0.4, -0.2) is 19.8 Å². The average molecular weight is 176 g/mol. The van der Waals surface area contributed by atoms with E-state index in [2.05, 4.69) is 15.3 Å². The second-order valence-corrected chi connectivity index (χ2v) is 3.36. The van der Waals surface area contributed by atoms with Gasteiger partial charge in [-0.25, -0.2) is 9.61 Å². The second-order valence-electron chi connectivity index (χ2n) is 3.36. The monoisotopic (exact) mass is 176 g/mol. The van der Waals surface area contributed by atoms with E-state index in [1.165, 1.54) is 23.7 Å². The van der Waals surface area contributed by atoms with Gasteiger partial charge in [-0.2, -0.15) is 10.2 Å². The molecule has 0 aliphatic heterocycles. The molecule has 5 nitrogen and oxygen atoms in total. The summed E-state index contributed by atoms with van der Waals surface area (Å²) in [5, 5.41) is 10.3. The molecule has 1 fully saturated rings. The third-order valence-electron chi connectivity index (χ3n) is 2.32. The van der Waals surface area contributed by atoms with Gasteiger partial charge in [-0.15, -0.1) is 0 Å². The largest absolute Gasteiger partial charge is 0.290 e. The van der Waals surface area contributed by atoms with Crippen LogP contribution in [0.25, 0.3) is 5.52 Å². The van der Waals surface area contributed by atoms with Gasteiger partial charge in [-0.05, 0) is 18.9 Å². The topological polar surface area (TPSA) is 63.0 Å². The molecular formula is C8H8N4O. The van der Waals surface area contributed by atoms with Gasteiger partial charge in [0.15, 0.2) is 0 Å². The standard InChI is InChI=1S/C8H8N4O/c13-8-7-3-6(5-1-2-5)11-12(7)4-9-10-8/h3-5H,1-2H2,(H,10,13). The van der Waals surface area contributed by atoms with Crippen molar-refractivity contribution in [3.8, 4) is 0 Å². The number of H-pyrrole nitrogens is 1. The summed E-state index contributed by atoms with van der Waals surface area (Å²) in [6, 6.07) is 1.85. The summed E-state index contributed by atoms with van der Waals surface area (Å²) in [5.41, 5.74) is 1.41. The van der Waals surface area contributed by atoms with Gasteiger partial charge in [-0.1, -0.05) is 0 Å². The summed E-state index contributed by atoms with van der Waals surface area (Å²) < 4.78 is 1.53. The van der Waals surface area contributed by atoms with Gasteiger partial charge in [0.25, 0.3) is 5.56 Å². The molecule has 0 spiro atoms. The van der Waals surface area contributed by atoms with Crippen LogP contribution in [0.5, 0.6) is 0 Å². The van der Waals surface area contributed by atoms with Crippen LogP contribution in [0.4, 0.5) is 0 Å². The van der Waals surface area contributed by atoms with Crippen LogP contribution >= 0.6 is 0 Å². The lowest BCUT2D eigenvalue weighted by Crippen LogP contribution is -2.10. The van der Waals surface area contributed by atoms with Crippen molar-refractivity contribution in [1.82, 2.24) is 19.8 Å². The Kier molecular flexibility index (Phi) is 1.15. The Balaban J connectivity index is 2.32. The molecule has 1 saturated carbocycles. The summed E-state index contributed by atoms with van der Waals surface area (Å²) in [6.45, 7) is 0. The number of hydrogen-bond donors (Lipinski definition) is 1. The number of nitrogens with one attached hydrogen (secondary N) is 1. The fraction of sp³-hybridized carbons (Fsp3) is 0.375. The van der Waals surface area contributed by atoms with Crippen LogP contribution in [0.1, 0.15) is 24.5 Å². The number of rotatable bonds is 1. The van der Waals surface area contributed by atoms with E-state index in [0.717, 1.165) is 5.69 Å². The Morgan fingerprint density at radius 2 is 2.38 bits per heavy atom. The Hall–Kier alpha value is -1.65. The Morgan fingerprint density at radius 1 is 1.54 bits per heavy atom. The summed E-state index contributed by atoms with van der Waals surface area (Å²) in [5.74, 6) is 0.569. The quantitative estimate of drug-likeness (QED) is 0.679. The van der Waals surface area contributed by atoms with Crippen LogP contribution in [0.2, 0.25) is 0 Å². The van der Waals surface area contributed by atoms with Crippen molar-refractivity contribution < 1.29 is 0 Å². The van der Waals surface area contributed by atoms with Gasteiger partial charge in [0, 0.05) is 5.92 Å². The molecule has 0 unspecified atom stereocenters. The van der Waals surface area contributed by atoms with Crippen molar-refractivity contribution in [2.24, 2.45) is 0 Å². The molecule has 2 heterocycles. The highest BCUT2D eigenvalue weighted by atomic mass is 16.1. The number of hydrogen-bond acceptors (Lipinski definition) is 3. The normalized spacial score (nSPS) is 16.6. The van der Waals surface area contributed by atoms with Crippen molar-refractivity contribution in [3.63, 3.8) is 0 Å². The van der Waals surface area contributed by atoms with Crippen LogP contribution < -0.4 is 5.56 Å². The van der Waals surface area contributed by atoms with Gasteiger partial charge < -0.3 is 0 Å². The van der Waals surface area contributed by atoms with E-state index in [1.54, 1.807) is 0 Å². The van der Waals surface area contributed by atoms with E-state index < -0.39 is 0 Å². The first-order valence-electron chi connectivity index (χ1n) is 4.27. The predicted molar refractivity (Wildman–Crippen MR) is 45.6 cm³/mol. The number of fused-ring (bicyclic) bond motifs is 1. The first-order valence-corrected chi connectivity index (χ1v) is 4.27. The van der Waals surface area contributed by atoms with E-state index in [0.29, 0.717) is 11.4 Å². The zero-order chi connectivity index (χ0) is 8.84. The molecule has 1 aliphatic rings. The number of nitrogens with zero attached hydrogens (tertiary/aromatic N) is 3. The molecule has 3 rings (SSSR count). The minimum absolute atomic E-state index is 0.179. The second kappa shape index (κ2) is 2.18. The molecule has 0 amide bonds. The molecule has 13 heavy (non-hydrogen) atoms. The Labute approximate surface area is 73.4 Å². The minimum Gasteiger partial charge on any atom is -0.266 e. The maximum absolute atomic E-state index is 11.3. The number of aromatic nitrogens is 4. The third kappa shape index (κ3) is 0.965. The zero-order valence-corrected chi connectivity index (χ0v) is 6.90. The molecule has 0 saturated heterocycles. The van der Waals surface area contributed by atoms with E-state index in [9.17, 15) is 4.79 Å². The van der Waals surface area contributed by atoms with E-state index >= 15 is 0 Å². The zero-order valence-electron chi connectivity index (χ0n) is 6.90. The summed E-state index contributed by atoms with van der Waals surface area (Å²) in [6.07, 6.45) is 3.90. The first kappa shape index (κ1) is 6.82. The van der Waals surface area contributed by atoms with Crippen molar-refractivity contribution >= 4 is 5.52 Å². The molecule has 2 aromatic heterocycles. The summed E-state index contributed by atoms with van der Waals surface area (Å²) in [7, 11) is 0. The Morgan fingerprint density at radius 3 is 3.08 bits per heavy atom. The van der Waals surface area contributed by atoms with Gasteiger partial charge in [0.05, 0.1) is 5.69 Å². The molecule has 1 N–H and O–H groups in total. The highest BCUT2D eigenvalue weighted by Gasteiger charge is 2.26. The summed E-state index contributed by atoms with van der Waals surface area (Å²) >= 11 is 0. The van der Waals surface area contributed by atoms with Crippen LogP contribution in [-0.2, 0) is 0 Å². The van der Waals surface area contributed by atoms with Crippen LogP contribution in [0.3, 0.4) is 0 Å². The highest BCUT2D eigenvalue weighted by Crippen LogP contribution is 2.39. The number of aromatic amines is 1. The third-order valence-corrected chi connectivity index (χ3v) is 2.32. The van der Waals surface area contributed by atoms with E-state index in [4.69, 9.17) is 0 Å². The molecule has 0 atom stereocenters. The molecule has 1 aliphatic carbocycles. The van der Waals surface area contributed by atoms with Crippen molar-refractivity contribution in [2.75, 3.05) is 0 Å². The fourth-order valence-corrected chi connectivity index (χ4v) is 1.45. The molecule has 2 aromatic rings. The molecule has 5 heteroatoms. The van der Waals surface area contributed by atoms with Crippen molar-refractivity contribution in [2.45, 2.75) is 18.8 Å². The van der Waals surface area contributed by atoms with Crippen molar-refractivity contribution in [1.29, 1.82) is 0 Å². The molecule has 0 bridgehead atoms. The Bertz CT molecular complexity index is 508. The van der Waals surface area contributed by atoms with Crippen LogP contribution in [0.15, 0.2) is 17.2 Å². The van der Waals surface area contributed by atoms with E-state index in [-0.39, 0.29) is 5.56 Å². The molecule has 0 aromatic carbocycles. The molecular weight excluding hydrogens is 168 g/mol. The lowest BCUT2D eigenvalue weighted by Gasteiger charge is -1.86. The lowest BCUT2D eigenvalue weighted by molar-refractivity contribution is 0.822. The molecule has 0 radical (unpaired) electrons. The van der Waals surface area contributed by atoms with E-state index in [1.807, 2.05) is 6.07 Å². The maximum atomic E-state index is 11.3. The molecule has 66 valence electrons. The van der Waals surface area contributed by atoms with Crippen molar-refractivity contribution in [3.05, 3.63) is 28.4 Å². The first-order chi connectivity index (χ1) is 6.34. The maximum Gasteiger partial charge on any atom is 0.290 e. The highest BCUT2D eigenvalue weighted by molar-refractivity contribution is 5.45. The van der Waals surface area contributed by atoms with Gasteiger partial charge in [-0.3, -0.25) is 4.79 Å². The van der Waals surface area contributed by atoms with Gasteiger partial charge in [0.1, 0.15) is 11.8 Å². The van der Waals surface area contributed by atoms with Gasteiger partial charge in [0.2, 0.25) is 0 Å². The van der Waals surface area contributed by atoms with Crippen LogP contribution in [0, 0.1) is 0 Å². The smallest absolute Gasteiger partial charge is 0.266 e. The SMILES string of the molecule is O=c1[nH]ncn2nc(C3CC3)cc12. The fourth-order valence-electron chi connectivity index (χ4n) is 1.45. The predicted octanol–water partition coefficient (Wildman–Crippen LogP) is 0.295. The van der Waals surface area contributed by atoms with Gasteiger partial charge >= 0.3 is 0 Å². The minimum atomic E-state index is -0.179. The summed E-state index contributed by atoms with van der Waals surface area (Å²) in [4.78, 5) is 11.3. The lowest BCUT2D eigenvalue weighted by atomic mass is 10.3.